The minimum absolute atomic E-state index is 0.346. The summed E-state index contributed by atoms with van der Waals surface area (Å²) in [4.78, 5) is 20.8. The van der Waals surface area contributed by atoms with Crippen molar-refractivity contribution >= 4 is 28.7 Å². The fourth-order valence-corrected chi connectivity index (χ4v) is 4.46. The lowest BCUT2D eigenvalue weighted by Crippen LogP contribution is -2.45. The second kappa shape index (κ2) is 8.34. The van der Waals surface area contributed by atoms with Gasteiger partial charge in [0, 0.05) is 47.8 Å². The first-order chi connectivity index (χ1) is 15.2. The molecule has 0 amide bonds. The van der Waals surface area contributed by atoms with Gasteiger partial charge in [-0.2, -0.15) is 5.26 Å². The van der Waals surface area contributed by atoms with E-state index in [0.29, 0.717) is 17.6 Å². The molecule has 0 aromatic carbocycles. The van der Waals surface area contributed by atoms with Crippen LogP contribution in [0.5, 0.6) is 0 Å². The van der Waals surface area contributed by atoms with Crippen LogP contribution in [-0.2, 0) is 0 Å². The highest BCUT2D eigenvalue weighted by atomic mass is 32.2. The number of H-pyrrole nitrogens is 1. The molecule has 154 valence electrons. The number of pyridine rings is 2. The van der Waals surface area contributed by atoms with Crippen LogP contribution < -0.4 is 10.0 Å². The molecule has 1 saturated carbocycles. The molecule has 0 aliphatic heterocycles. The number of nitriles is 1. The average molecular weight is 429 g/mol. The zero-order valence-electron chi connectivity index (χ0n) is 16.8. The molecule has 5 rings (SSSR count). The van der Waals surface area contributed by atoms with E-state index in [1.54, 1.807) is 24.5 Å². The predicted molar refractivity (Wildman–Crippen MR) is 120 cm³/mol. The Morgan fingerprint density at radius 1 is 1.13 bits per heavy atom. The summed E-state index contributed by atoms with van der Waals surface area (Å²) in [7, 11) is 0. The van der Waals surface area contributed by atoms with Crippen molar-refractivity contribution in [3.63, 3.8) is 0 Å². The normalized spacial score (nSPS) is 17.8. The molecule has 1 aliphatic carbocycles. The van der Waals surface area contributed by atoms with Crippen molar-refractivity contribution in [3.05, 3.63) is 60.4 Å². The molecule has 1 fully saturated rings. The maximum atomic E-state index is 9.02. The summed E-state index contributed by atoms with van der Waals surface area (Å²) in [6, 6.07) is 10.3. The zero-order valence-corrected chi connectivity index (χ0v) is 17.6. The Labute approximate surface area is 183 Å². The molecule has 4 aromatic rings. The first-order valence-electron chi connectivity index (χ1n) is 10.0. The fourth-order valence-electron chi connectivity index (χ4n) is 3.68. The van der Waals surface area contributed by atoms with Gasteiger partial charge in [0.1, 0.15) is 16.5 Å². The van der Waals surface area contributed by atoms with Crippen LogP contribution in [0, 0.1) is 18.3 Å². The minimum atomic E-state index is 0.346. The van der Waals surface area contributed by atoms with Crippen molar-refractivity contribution in [1.29, 1.82) is 5.26 Å². The number of anilines is 1. The Balaban J connectivity index is 1.29. The lowest BCUT2D eigenvalue weighted by Gasteiger charge is -2.37. The van der Waals surface area contributed by atoms with Crippen molar-refractivity contribution < 1.29 is 0 Å². The summed E-state index contributed by atoms with van der Waals surface area (Å²) in [6.07, 6.45) is 9.18. The zero-order chi connectivity index (χ0) is 21.2. The molecule has 31 heavy (non-hydrogen) atoms. The van der Waals surface area contributed by atoms with E-state index in [2.05, 4.69) is 41.0 Å². The molecular weight excluding hydrogens is 408 g/mol. The smallest absolute Gasteiger partial charge is 0.139 e. The van der Waals surface area contributed by atoms with Gasteiger partial charge in [0.2, 0.25) is 0 Å². The van der Waals surface area contributed by atoms with Gasteiger partial charge in [-0.15, -0.1) is 0 Å². The molecule has 9 heteroatoms. The Morgan fingerprint density at radius 3 is 2.84 bits per heavy atom. The van der Waals surface area contributed by atoms with Crippen LogP contribution in [0.15, 0.2) is 54.1 Å². The second-order valence-corrected chi connectivity index (χ2v) is 8.36. The van der Waals surface area contributed by atoms with Crippen LogP contribution in [0.2, 0.25) is 0 Å². The molecule has 0 bridgehead atoms. The molecular formula is C22H20N8S. The topological polar surface area (TPSA) is 115 Å². The van der Waals surface area contributed by atoms with Crippen molar-refractivity contribution in [2.75, 3.05) is 5.32 Å². The fraction of sp³-hybridized carbons (Fsp3) is 0.227. The van der Waals surface area contributed by atoms with Crippen molar-refractivity contribution in [2.45, 2.75) is 36.9 Å². The van der Waals surface area contributed by atoms with E-state index in [0.717, 1.165) is 51.7 Å². The van der Waals surface area contributed by atoms with Crippen LogP contribution in [0.3, 0.4) is 0 Å². The van der Waals surface area contributed by atoms with Gasteiger partial charge in [-0.1, -0.05) is 0 Å². The monoisotopic (exact) mass is 428 g/mol. The van der Waals surface area contributed by atoms with Gasteiger partial charge in [-0.25, -0.2) is 19.9 Å². The molecule has 0 spiro atoms. The van der Waals surface area contributed by atoms with Gasteiger partial charge in [-0.05, 0) is 56.0 Å². The molecule has 0 atom stereocenters. The predicted octanol–water partition coefficient (Wildman–Crippen LogP) is 3.83. The number of fused-ring (bicyclic) bond motifs is 1. The second-order valence-electron chi connectivity index (χ2n) is 7.50. The summed E-state index contributed by atoms with van der Waals surface area (Å²) in [6.45, 7) is 1.89. The Morgan fingerprint density at radius 2 is 2.00 bits per heavy atom. The van der Waals surface area contributed by atoms with Gasteiger partial charge in [0.15, 0.2) is 0 Å². The number of aryl methyl sites for hydroxylation is 1. The van der Waals surface area contributed by atoms with Crippen LogP contribution in [0.25, 0.3) is 22.3 Å². The molecule has 3 N–H and O–H groups in total. The number of hydrogen-bond donors (Lipinski definition) is 3. The lowest BCUT2D eigenvalue weighted by atomic mass is 9.87. The van der Waals surface area contributed by atoms with E-state index in [1.807, 2.05) is 31.5 Å². The molecule has 8 nitrogen and oxygen atoms in total. The molecule has 0 unspecified atom stereocenters. The first kappa shape index (κ1) is 19.5. The van der Waals surface area contributed by atoms with Crippen LogP contribution in [-0.4, -0.2) is 37.0 Å². The number of aromatic nitrogens is 5. The first-order valence-corrected chi connectivity index (χ1v) is 10.8. The third-order valence-corrected chi connectivity index (χ3v) is 6.20. The lowest BCUT2D eigenvalue weighted by molar-refractivity contribution is 0.355. The number of nitrogens with one attached hydrogen (secondary N) is 3. The number of rotatable bonds is 6. The van der Waals surface area contributed by atoms with Gasteiger partial charge >= 0.3 is 0 Å². The maximum absolute atomic E-state index is 9.02. The maximum Gasteiger partial charge on any atom is 0.139 e. The minimum Gasteiger partial charge on any atom is -0.381 e. The summed E-state index contributed by atoms with van der Waals surface area (Å²) in [5.41, 5.74) is 4.35. The third-order valence-electron chi connectivity index (χ3n) is 5.32. The summed E-state index contributed by atoms with van der Waals surface area (Å²) in [5.74, 6) is 0.733. The largest absolute Gasteiger partial charge is 0.381 e. The van der Waals surface area contributed by atoms with E-state index in [4.69, 9.17) is 5.26 Å². The highest BCUT2D eigenvalue weighted by Crippen LogP contribution is 2.36. The third kappa shape index (κ3) is 4.08. The van der Waals surface area contributed by atoms with Crippen molar-refractivity contribution in [1.82, 2.24) is 29.6 Å². The quantitative estimate of drug-likeness (QED) is 0.397. The van der Waals surface area contributed by atoms with Crippen LogP contribution in [0.4, 0.5) is 5.69 Å². The van der Waals surface area contributed by atoms with E-state index in [1.165, 1.54) is 11.9 Å². The van der Waals surface area contributed by atoms with Crippen LogP contribution in [0.1, 0.15) is 24.2 Å². The van der Waals surface area contributed by atoms with Gasteiger partial charge in [-0.3, -0.25) is 4.72 Å². The molecule has 0 radical (unpaired) electrons. The number of aromatic amines is 1. The van der Waals surface area contributed by atoms with Gasteiger partial charge < -0.3 is 10.3 Å². The van der Waals surface area contributed by atoms with Crippen molar-refractivity contribution in [2.24, 2.45) is 0 Å². The van der Waals surface area contributed by atoms with Crippen molar-refractivity contribution in [3.8, 4) is 17.3 Å². The highest BCUT2D eigenvalue weighted by Gasteiger charge is 2.30. The van der Waals surface area contributed by atoms with E-state index in [9.17, 15) is 0 Å². The van der Waals surface area contributed by atoms with Gasteiger partial charge in [0.25, 0.3) is 0 Å². The van der Waals surface area contributed by atoms with Gasteiger partial charge in [0.05, 0.1) is 23.0 Å². The average Bonchev–Trinajstić information content (AvgIpc) is 3.24. The summed E-state index contributed by atoms with van der Waals surface area (Å²) >= 11 is 1.48. The van der Waals surface area contributed by atoms with E-state index < -0.39 is 0 Å². The Hall–Kier alpha value is -3.48. The highest BCUT2D eigenvalue weighted by molar-refractivity contribution is 7.97. The van der Waals surface area contributed by atoms with Crippen LogP contribution >= 0.6 is 11.9 Å². The summed E-state index contributed by atoms with van der Waals surface area (Å²) < 4.78 is 3.45. The number of nitrogens with zero attached hydrogens (tertiary/aromatic N) is 5. The van der Waals surface area contributed by atoms with E-state index >= 15 is 0 Å². The molecule has 4 aromatic heterocycles. The molecule has 4 heterocycles. The van der Waals surface area contributed by atoms with E-state index in [-0.39, 0.29) is 0 Å². The Bertz CT molecular complexity index is 1270. The summed E-state index contributed by atoms with van der Waals surface area (Å²) in [5, 5.41) is 14.6. The molecule has 1 aliphatic rings. The number of hydrogen-bond acceptors (Lipinski definition) is 8. The molecule has 0 saturated heterocycles. The SMILES string of the molecule is Cc1nccc(-c2cnc3[nH]ccc3c2N[C@H]2C[C@@H](NSc3cc(C#N)ccn3)C2)n1. The Kier molecular flexibility index (Phi) is 5.24. The standard InChI is InChI=1S/C22H20N8S/c1-13-24-7-4-19(28-13)18-12-27-22-17(3-6-26-22)21(18)29-15-9-16(10-15)30-31-20-8-14(11-23)2-5-25-20/h2-8,12,15-16,30H,9-10H2,1H3,(H2,26,27,29)/t15-,16+.